The van der Waals surface area contributed by atoms with Crippen molar-refractivity contribution in [3.8, 4) is 0 Å². The smallest absolute Gasteiger partial charge is 0.219 e. The number of amides is 1. The van der Waals surface area contributed by atoms with Gasteiger partial charge in [0.25, 0.3) is 0 Å². The Hall–Kier alpha value is -0.570. The monoisotopic (exact) mass is 242 g/mol. The Kier molecular flexibility index (Phi) is 11.5. The van der Waals surface area contributed by atoms with Gasteiger partial charge in [-0.2, -0.15) is 0 Å². The average Bonchev–Trinajstić information content (AvgIpc) is 2.86. The van der Waals surface area contributed by atoms with E-state index < -0.39 is 0 Å². The summed E-state index contributed by atoms with van der Waals surface area (Å²) in [5.74, 6) is 0.216. The fourth-order valence-corrected chi connectivity index (χ4v) is 1.87. The lowest BCUT2D eigenvalue weighted by molar-refractivity contribution is -0.128. The largest absolute Gasteiger partial charge is 0.343 e. The van der Waals surface area contributed by atoms with Gasteiger partial charge in [-0.3, -0.25) is 4.79 Å². The summed E-state index contributed by atoms with van der Waals surface area (Å²) in [7, 11) is 0. The minimum atomic E-state index is 0.216. The third kappa shape index (κ3) is 10.3. The molecule has 0 saturated carbocycles. The minimum absolute atomic E-state index is 0.216. The molecule has 1 heterocycles. The van der Waals surface area contributed by atoms with Crippen LogP contribution in [0.4, 0.5) is 0 Å². The van der Waals surface area contributed by atoms with Crippen molar-refractivity contribution in [2.24, 2.45) is 0 Å². The molecule has 0 unspecified atom stereocenters. The van der Waals surface area contributed by atoms with E-state index >= 15 is 0 Å². The maximum absolute atomic E-state index is 11.1. The van der Waals surface area contributed by atoms with Crippen LogP contribution in [-0.2, 0) is 4.79 Å². The van der Waals surface area contributed by atoms with E-state index in [4.69, 9.17) is 0 Å². The van der Waals surface area contributed by atoms with Crippen LogP contribution < -0.4 is 5.32 Å². The number of unbranched alkanes of at least 4 members (excludes halogenated alkanes) is 2. The van der Waals surface area contributed by atoms with E-state index in [-0.39, 0.29) is 5.91 Å². The molecule has 0 aromatic heterocycles. The van der Waals surface area contributed by atoms with Crippen molar-refractivity contribution >= 4 is 5.91 Å². The first-order valence-electron chi connectivity index (χ1n) is 7.18. The Bertz CT molecular complexity index is 171. The second kappa shape index (κ2) is 11.9. The van der Waals surface area contributed by atoms with Crippen molar-refractivity contribution in [3.05, 3.63) is 0 Å². The number of nitrogens with one attached hydrogen (secondary N) is 1. The van der Waals surface area contributed by atoms with E-state index in [1.807, 2.05) is 4.90 Å². The molecule has 102 valence electrons. The van der Waals surface area contributed by atoms with E-state index in [2.05, 4.69) is 19.2 Å². The summed E-state index contributed by atoms with van der Waals surface area (Å²) in [5, 5.41) is 3.22. The van der Waals surface area contributed by atoms with Crippen molar-refractivity contribution < 1.29 is 4.79 Å². The van der Waals surface area contributed by atoms with Gasteiger partial charge in [0.2, 0.25) is 5.91 Å². The topological polar surface area (TPSA) is 32.3 Å². The molecule has 1 fully saturated rings. The zero-order valence-corrected chi connectivity index (χ0v) is 11.9. The molecule has 0 bridgehead atoms. The molecule has 3 heteroatoms. The SMILES string of the molecule is C1CCNC1.CCCCCN(CCC)C(C)=O. The van der Waals surface area contributed by atoms with Crippen molar-refractivity contribution in [2.45, 2.75) is 59.3 Å². The van der Waals surface area contributed by atoms with E-state index in [9.17, 15) is 4.79 Å². The molecular formula is C14H30N2O. The Balaban J connectivity index is 0.000000419. The molecule has 1 saturated heterocycles. The molecule has 17 heavy (non-hydrogen) atoms. The van der Waals surface area contributed by atoms with E-state index in [0.29, 0.717) is 0 Å². The van der Waals surface area contributed by atoms with Crippen molar-refractivity contribution in [1.29, 1.82) is 0 Å². The van der Waals surface area contributed by atoms with Gasteiger partial charge in [-0.05, 0) is 38.8 Å². The van der Waals surface area contributed by atoms with Crippen LogP contribution in [0.2, 0.25) is 0 Å². The van der Waals surface area contributed by atoms with E-state index in [1.54, 1.807) is 6.92 Å². The summed E-state index contributed by atoms with van der Waals surface area (Å²) < 4.78 is 0. The second-order valence-electron chi connectivity index (χ2n) is 4.67. The Morgan fingerprint density at radius 3 is 2.06 bits per heavy atom. The zero-order valence-electron chi connectivity index (χ0n) is 11.9. The van der Waals surface area contributed by atoms with Gasteiger partial charge in [0, 0.05) is 20.0 Å². The van der Waals surface area contributed by atoms with E-state index in [1.165, 1.54) is 38.8 Å². The van der Waals surface area contributed by atoms with Gasteiger partial charge in [0.15, 0.2) is 0 Å². The highest BCUT2D eigenvalue weighted by Gasteiger charge is 2.05. The molecule has 0 aliphatic carbocycles. The third-order valence-corrected chi connectivity index (χ3v) is 2.93. The highest BCUT2D eigenvalue weighted by molar-refractivity contribution is 5.73. The Labute approximate surface area is 107 Å². The molecule has 0 aromatic rings. The molecule has 1 aliphatic heterocycles. The third-order valence-electron chi connectivity index (χ3n) is 2.93. The quantitative estimate of drug-likeness (QED) is 0.726. The molecule has 3 nitrogen and oxygen atoms in total. The molecule has 1 amide bonds. The fraction of sp³-hybridized carbons (Fsp3) is 0.929. The standard InChI is InChI=1S/C10H21NO.C4H9N/c1-4-6-7-9-11(8-5-2)10(3)12;1-2-4-5-3-1/h4-9H2,1-3H3;5H,1-4H2. The summed E-state index contributed by atoms with van der Waals surface area (Å²) in [6.45, 7) is 10.3. The maximum Gasteiger partial charge on any atom is 0.219 e. The zero-order chi connectivity index (χ0) is 12.9. The van der Waals surface area contributed by atoms with Crippen LogP contribution in [0.1, 0.15) is 59.3 Å². The normalized spacial score (nSPS) is 14.1. The van der Waals surface area contributed by atoms with Crippen LogP contribution in [-0.4, -0.2) is 37.0 Å². The molecule has 0 spiro atoms. The summed E-state index contributed by atoms with van der Waals surface area (Å²) in [4.78, 5) is 13.0. The van der Waals surface area contributed by atoms with Crippen LogP contribution in [0.5, 0.6) is 0 Å². The summed E-state index contributed by atoms with van der Waals surface area (Å²) in [6, 6.07) is 0. The highest BCUT2D eigenvalue weighted by atomic mass is 16.2. The molecule has 1 rings (SSSR count). The molecule has 0 radical (unpaired) electrons. The van der Waals surface area contributed by atoms with Gasteiger partial charge in [-0.25, -0.2) is 0 Å². The number of hydrogen-bond acceptors (Lipinski definition) is 2. The molecule has 1 N–H and O–H groups in total. The number of rotatable bonds is 6. The summed E-state index contributed by atoms with van der Waals surface area (Å²) in [5.41, 5.74) is 0. The first-order chi connectivity index (χ1) is 8.22. The van der Waals surface area contributed by atoms with Crippen LogP contribution in [0.3, 0.4) is 0 Å². The first-order valence-corrected chi connectivity index (χ1v) is 7.18. The van der Waals surface area contributed by atoms with Crippen LogP contribution in [0.25, 0.3) is 0 Å². The number of carbonyl (C=O) groups excluding carboxylic acids is 1. The predicted octanol–water partition coefficient (Wildman–Crippen LogP) is 2.80. The van der Waals surface area contributed by atoms with Gasteiger partial charge in [0.05, 0.1) is 0 Å². The highest BCUT2D eigenvalue weighted by Crippen LogP contribution is 1.99. The Morgan fingerprint density at radius 2 is 1.71 bits per heavy atom. The first kappa shape index (κ1) is 16.4. The van der Waals surface area contributed by atoms with Gasteiger partial charge in [-0.15, -0.1) is 0 Å². The molecular weight excluding hydrogens is 212 g/mol. The maximum atomic E-state index is 11.1. The average molecular weight is 242 g/mol. The van der Waals surface area contributed by atoms with Crippen molar-refractivity contribution in [1.82, 2.24) is 10.2 Å². The lowest BCUT2D eigenvalue weighted by Crippen LogP contribution is -2.30. The van der Waals surface area contributed by atoms with Crippen LogP contribution in [0.15, 0.2) is 0 Å². The van der Waals surface area contributed by atoms with Crippen molar-refractivity contribution in [3.63, 3.8) is 0 Å². The van der Waals surface area contributed by atoms with E-state index in [0.717, 1.165) is 25.9 Å². The predicted molar refractivity (Wildman–Crippen MR) is 74.2 cm³/mol. The molecule has 1 aliphatic rings. The lowest BCUT2D eigenvalue weighted by atomic mass is 10.2. The number of carbonyl (C=O) groups is 1. The number of nitrogens with zero attached hydrogens (tertiary/aromatic N) is 1. The van der Waals surface area contributed by atoms with Gasteiger partial charge >= 0.3 is 0 Å². The van der Waals surface area contributed by atoms with Gasteiger partial charge < -0.3 is 10.2 Å². The fourth-order valence-electron chi connectivity index (χ4n) is 1.87. The summed E-state index contributed by atoms with van der Waals surface area (Å²) >= 11 is 0. The van der Waals surface area contributed by atoms with Crippen LogP contribution >= 0.6 is 0 Å². The van der Waals surface area contributed by atoms with Crippen molar-refractivity contribution in [2.75, 3.05) is 26.2 Å². The lowest BCUT2D eigenvalue weighted by Gasteiger charge is -2.19. The van der Waals surface area contributed by atoms with Crippen LogP contribution in [0, 0.1) is 0 Å². The van der Waals surface area contributed by atoms with Gasteiger partial charge in [-0.1, -0.05) is 26.7 Å². The minimum Gasteiger partial charge on any atom is -0.343 e. The van der Waals surface area contributed by atoms with Gasteiger partial charge in [0.1, 0.15) is 0 Å². The molecule has 0 aromatic carbocycles. The summed E-state index contributed by atoms with van der Waals surface area (Å²) in [6.07, 6.45) is 7.44. The molecule has 0 atom stereocenters. The Morgan fingerprint density at radius 1 is 1.06 bits per heavy atom. The second-order valence-corrected chi connectivity index (χ2v) is 4.67. The number of hydrogen-bond donors (Lipinski definition) is 1.